The molecule has 0 atom stereocenters. The van der Waals surface area contributed by atoms with Gasteiger partial charge >= 0.3 is 0 Å². The normalized spacial score (nSPS) is 10.5. The monoisotopic (exact) mass is 265 g/mol. The molecule has 2 rings (SSSR count). The average Bonchev–Trinajstić information content (AvgIpc) is 2.65. The van der Waals surface area contributed by atoms with Crippen molar-refractivity contribution < 1.29 is 0 Å². The number of hydrogen-bond acceptors (Lipinski definition) is 2. The van der Waals surface area contributed by atoms with Crippen LogP contribution >= 0.6 is 15.9 Å². The first-order valence-corrected chi connectivity index (χ1v) is 5.89. The molecule has 2 heterocycles. The smallest absolute Gasteiger partial charge is 0.0953 e. The molecular weight excluding hydrogens is 254 g/mol. The SMILES string of the molecule is Cc1cccc(Cn2cnc(CBr)c2)n1. The maximum absolute atomic E-state index is 4.44. The number of alkyl halides is 1. The number of hydrogen-bond donors (Lipinski definition) is 0. The Labute approximate surface area is 97.3 Å². The molecule has 3 nitrogen and oxygen atoms in total. The average molecular weight is 266 g/mol. The van der Waals surface area contributed by atoms with Gasteiger partial charge in [0.15, 0.2) is 0 Å². The van der Waals surface area contributed by atoms with Gasteiger partial charge in [-0.1, -0.05) is 22.0 Å². The number of rotatable bonds is 3. The Balaban J connectivity index is 2.14. The molecule has 0 unspecified atom stereocenters. The summed E-state index contributed by atoms with van der Waals surface area (Å²) in [7, 11) is 0. The van der Waals surface area contributed by atoms with E-state index in [0.29, 0.717) is 0 Å². The van der Waals surface area contributed by atoms with E-state index in [1.54, 1.807) is 0 Å². The second-order valence-electron chi connectivity index (χ2n) is 3.44. The Kier molecular flexibility index (Phi) is 3.16. The fourth-order valence-corrected chi connectivity index (χ4v) is 1.73. The minimum Gasteiger partial charge on any atom is -0.331 e. The lowest BCUT2D eigenvalue weighted by atomic mass is 10.3. The topological polar surface area (TPSA) is 30.7 Å². The molecule has 0 aliphatic rings. The lowest BCUT2D eigenvalue weighted by molar-refractivity contribution is 0.769. The third kappa shape index (κ3) is 2.65. The maximum atomic E-state index is 4.44. The zero-order valence-electron chi connectivity index (χ0n) is 8.52. The van der Waals surface area contributed by atoms with Crippen molar-refractivity contribution in [1.29, 1.82) is 0 Å². The number of imidazole rings is 1. The summed E-state index contributed by atoms with van der Waals surface area (Å²) in [6, 6.07) is 6.06. The molecule has 0 bridgehead atoms. The lowest BCUT2D eigenvalue weighted by Crippen LogP contribution is -1.99. The third-order valence-electron chi connectivity index (χ3n) is 2.11. The van der Waals surface area contributed by atoms with Crippen molar-refractivity contribution in [2.75, 3.05) is 0 Å². The van der Waals surface area contributed by atoms with Crippen LogP contribution in [0.2, 0.25) is 0 Å². The van der Waals surface area contributed by atoms with Gasteiger partial charge in [0.1, 0.15) is 0 Å². The Hall–Kier alpha value is -1.16. The summed E-state index contributed by atoms with van der Waals surface area (Å²) >= 11 is 3.38. The second kappa shape index (κ2) is 4.57. The van der Waals surface area contributed by atoms with Crippen molar-refractivity contribution in [2.24, 2.45) is 0 Å². The zero-order chi connectivity index (χ0) is 10.7. The Bertz CT molecular complexity index is 451. The van der Waals surface area contributed by atoms with Gasteiger partial charge < -0.3 is 4.57 Å². The maximum Gasteiger partial charge on any atom is 0.0953 e. The van der Waals surface area contributed by atoms with Crippen molar-refractivity contribution in [1.82, 2.24) is 14.5 Å². The molecule has 0 saturated carbocycles. The van der Waals surface area contributed by atoms with Crippen LogP contribution in [0.25, 0.3) is 0 Å². The van der Waals surface area contributed by atoms with Gasteiger partial charge in [-0.15, -0.1) is 0 Å². The molecule has 0 radical (unpaired) electrons. The van der Waals surface area contributed by atoms with Crippen LogP contribution in [-0.2, 0) is 11.9 Å². The van der Waals surface area contributed by atoms with E-state index >= 15 is 0 Å². The molecule has 78 valence electrons. The van der Waals surface area contributed by atoms with Crippen LogP contribution in [0.3, 0.4) is 0 Å². The molecule has 15 heavy (non-hydrogen) atoms. The molecule has 2 aromatic rings. The van der Waals surface area contributed by atoms with Gasteiger partial charge in [0.2, 0.25) is 0 Å². The molecule has 0 aromatic carbocycles. The van der Waals surface area contributed by atoms with Crippen molar-refractivity contribution >= 4 is 15.9 Å². The molecule has 2 aromatic heterocycles. The fourth-order valence-electron chi connectivity index (χ4n) is 1.44. The van der Waals surface area contributed by atoms with Crippen LogP contribution in [0.4, 0.5) is 0 Å². The van der Waals surface area contributed by atoms with Gasteiger partial charge in [-0.3, -0.25) is 4.98 Å². The Morgan fingerprint density at radius 2 is 2.20 bits per heavy atom. The van der Waals surface area contributed by atoms with Crippen molar-refractivity contribution in [2.45, 2.75) is 18.8 Å². The number of aryl methyl sites for hydroxylation is 1. The van der Waals surface area contributed by atoms with E-state index in [1.807, 2.05) is 42.2 Å². The highest BCUT2D eigenvalue weighted by Crippen LogP contribution is 2.05. The number of pyridine rings is 1. The molecule has 0 fully saturated rings. The summed E-state index contributed by atoms with van der Waals surface area (Å²) in [4.78, 5) is 8.68. The summed E-state index contributed by atoms with van der Waals surface area (Å²) in [6.07, 6.45) is 3.86. The first-order chi connectivity index (χ1) is 7.28. The van der Waals surface area contributed by atoms with Crippen molar-refractivity contribution in [3.8, 4) is 0 Å². The first-order valence-electron chi connectivity index (χ1n) is 4.77. The molecule has 0 N–H and O–H groups in total. The summed E-state index contributed by atoms with van der Waals surface area (Å²) in [5.41, 5.74) is 3.16. The molecule has 0 aliphatic carbocycles. The van der Waals surface area contributed by atoms with Gasteiger partial charge in [0, 0.05) is 17.2 Å². The van der Waals surface area contributed by atoms with Crippen molar-refractivity contribution in [3.63, 3.8) is 0 Å². The number of nitrogens with zero attached hydrogens (tertiary/aromatic N) is 3. The highest BCUT2D eigenvalue weighted by Gasteiger charge is 1.99. The van der Waals surface area contributed by atoms with E-state index in [-0.39, 0.29) is 0 Å². The number of aromatic nitrogens is 3. The standard InChI is InChI=1S/C11H12BrN3/c1-9-3-2-4-10(14-9)6-15-7-11(5-12)13-8-15/h2-4,7-8H,5-6H2,1H3. The van der Waals surface area contributed by atoms with Gasteiger partial charge in [-0.25, -0.2) is 4.98 Å². The molecule has 0 aliphatic heterocycles. The van der Waals surface area contributed by atoms with Gasteiger partial charge in [0.05, 0.1) is 24.3 Å². The van der Waals surface area contributed by atoms with Gasteiger partial charge in [-0.2, -0.15) is 0 Å². The van der Waals surface area contributed by atoms with Crippen LogP contribution in [0.15, 0.2) is 30.7 Å². The predicted molar refractivity (Wildman–Crippen MR) is 62.9 cm³/mol. The summed E-state index contributed by atoms with van der Waals surface area (Å²) < 4.78 is 2.04. The molecule has 0 spiro atoms. The van der Waals surface area contributed by atoms with Crippen molar-refractivity contribution in [3.05, 3.63) is 47.8 Å². The zero-order valence-corrected chi connectivity index (χ0v) is 10.1. The third-order valence-corrected chi connectivity index (χ3v) is 2.69. The van der Waals surface area contributed by atoms with Crippen LogP contribution in [0, 0.1) is 6.92 Å². The minimum atomic E-state index is 0.779. The predicted octanol–water partition coefficient (Wildman–Crippen LogP) is 2.53. The number of halogens is 1. The quantitative estimate of drug-likeness (QED) is 0.799. The Morgan fingerprint density at radius 3 is 2.87 bits per heavy atom. The highest BCUT2D eigenvalue weighted by molar-refractivity contribution is 9.08. The molecule has 4 heteroatoms. The minimum absolute atomic E-state index is 0.779. The van der Waals surface area contributed by atoms with E-state index in [4.69, 9.17) is 0 Å². The highest BCUT2D eigenvalue weighted by atomic mass is 79.9. The van der Waals surface area contributed by atoms with Crippen LogP contribution in [0.5, 0.6) is 0 Å². The first kappa shape index (κ1) is 10.4. The van der Waals surface area contributed by atoms with E-state index in [0.717, 1.165) is 29.0 Å². The Morgan fingerprint density at radius 1 is 1.33 bits per heavy atom. The summed E-state index contributed by atoms with van der Waals surface area (Å²) in [5, 5.41) is 0.793. The largest absolute Gasteiger partial charge is 0.331 e. The fraction of sp³-hybridized carbons (Fsp3) is 0.273. The van der Waals surface area contributed by atoms with Crippen LogP contribution in [-0.4, -0.2) is 14.5 Å². The van der Waals surface area contributed by atoms with Crippen LogP contribution in [0.1, 0.15) is 17.1 Å². The van der Waals surface area contributed by atoms with E-state index in [9.17, 15) is 0 Å². The van der Waals surface area contributed by atoms with Crippen LogP contribution < -0.4 is 0 Å². The molecular formula is C11H12BrN3. The second-order valence-corrected chi connectivity index (χ2v) is 4.00. The van der Waals surface area contributed by atoms with Gasteiger partial charge in [-0.05, 0) is 19.1 Å². The van der Waals surface area contributed by atoms with E-state index < -0.39 is 0 Å². The van der Waals surface area contributed by atoms with E-state index in [2.05, 4.69) is 25.9 Å². The molecule has 0 saturated heterocycles. The van der Waals surface area contributed by atoms with E-state index in [1.165, 1.54) is 0 Å². The van der Waals surface area contributed by atoms with Gasteiger partial charge in [0.25, 0.3) is 0 Å². The molecule has 0 amide bonds. The lowest BCUT2D eigenvalue weighted by Gasteiger charge is -2.02. The summed E-state index contributed by atoms with van der Waals surface area (Å²) in [6.45, 7) is 2.78. The summed E-state index contributed by atoms with van der Waals surface area (Å²) in [5.74, 6) is 0.